The molecule has 1 aromatic carbocycles. The Balaban J connectivity index is 1.61. The summed E-state index contributed by atoms with van der Waals surface area (Å²) < 4.78 is 11.7. The summed E-state index contributed by atoms with van der Waals surface area (Å²) in [5.74, 6) is 0.611. The normalized spacial score (nSPS) is 13.9. The zero-order valence-corrected chi connectivity index (χ0v) is 15.7. The monoisotopic (exact) mass is 413 g/mol. The van der Waals surface area contributed by atoms with Crippen molar-refractivity contribution in [2.75, 3.05) is 6.61 Å². The van der Waals surface area contributed by atoms with Crippen LogP contribution in [0.3, 0.4) is 0 Å². The first-order valence-electron chi connectivity index (χ1n) is 8.21. The number of rotatable bonds is 3. The number of H-pyrrole nitrogens is 1. The highest BCUT2D eigenvalue weighted by Gasteiger charge is 2.17. The molecule has 26 heavy (non-hydrogen) atoms. The number of halogens is 1. The first-order valence-corrected chi connectivity index (χ1v) is 9.00. The van der Waals surface area contributed by atoms with Crippen molar-refractivity contribution in [3.05, 3.63) is 67.4 Å². The molecule has 0 saturated carbocycles. The fourth-order valence-electron chi connectivity index (χ4n) is 2.84. The molecule has 1 aliphatic heterocycles. The molecular weight excluding hydrogens is 398 g/mol. The summed E-state index contributed by atoms with van der Waals surface area (Å²) in [7, 11) is 0. The molecule has 3 heterocycles. The van der Waals surface area contributed by atoms with E-state index >= 15 is 0 Å². The van der Waals surface area contributed by atoms with Crippen molar-refractivity contribution in [2.45, 2.75) is 20.0 Å². The Kier molecular flexibility index (Phi) is 4.57. The molecule has 2 aromatic heterocycles. The largest absolute Gasteiger partial charge is 0.376 e. The molecule has 0 bridgehead atoms. The predicted octanol–water partition coefficient (Wildman–Crippen LogP) is 3.74. The average molecular weight is 414 g/mol. The Morgan fingerprint density at radius 3 is 3.00 bits per heavy atom. The van der Waals surface area contributed by atoms with Gasteiger partial charge in [-0.25, -0.2) is 0 Å². The van der Waals surface area contributed by atoms with Gasteiger partial charge in [-0.2, -0.15) is 4.98 Å². The van der Waals surface area contributed by atoms with Crippen LogP contribution >= 0.6 is 15.9 Å². The van der Waals surface area contributed by atoms with Crippen molar-refractivity contribution in [1.29, 1.82) is 0 Å². The van der Waals surface area contributed by atoms with Gasteiger partial charge in [-0.1, -0.05) is 33.2 Å². The third-order valence-corrected chi connectivity index (χ3v) is 5.14. The van der Waals surface area contributed by atoms with Crippen LogP contribution in [0.2, 0.25) is 0 Å². The Bertz CT molecular complexity index is 1050. The number of nitrogens with one attached hydrogen (secondary N) is 1. The molecule has 4 rings (SSSR count). The van der Waals surface area contributed by atoms with Crippen LogP contribution in [0.1, 0.15) is 28.3 Å². The van der Waals surface area contributed by atoms with Gasteiger partial charge in [0.25, 0.3) is 11.4 Å². The lowest BCUT2D eigenvalue weighted by Gasteiger charge is -2.15. The van der Waals surface area contributed by atoms with E-state index in [1.54, 1.807) is 12.1 Å². The van der Waals surface area contributed by atoms with Gasteiger partial charge in [0.2, 0.25) is 5.82 Å². The van der Waals surface area contributed by atoms with E-state index in [0.717, 1.165) is 26.9 Å². The second-order valence-electron chi connectivity index (χ2n) is 6.12. The van der Waals surface area contributed by atoms with Crippen molar-refractivity contribution in [1.82, 2.24) is 15.1 Å². The molecule has 1 N–H and O–H groups in total. The highest BCUT2D eigenvalue weighted by molar-refractivity contribution is 9.10. The molecule has 0 aliphatic carbocycles. The van der Waals surface area contributed by atoms with E-state index in [-0.39, 0.29) is 11.4 Å². The van der Waals surface area contributed by atoms with Gasteiger partial charge in [-0.05, 0) is 41.8 Å². The van der Waals surface area contributed by atoms with E-state index in [1.807, 2.05) is 31.2 Å². The Morgan fingerprint density at radius 1 is 1.27 bits per heavy atom. The SMILES string of the molecule is Cc1cc(/C=C/c2nc(-c3cc4c([nH]c3=O)CCOC4)no2)ccc1Br. The number of fused-ring (bicyclic) bond motifs is 1. The van der Waals surface area contributed by atoms with E-state index in [4.69, 9.17) is 9.26 Å². The first kappa shape index (κ1) is 16.9. The maximum absolute atomic E-state index is 12.3. The van der Waals surface area contributed by atoms with E-state index in [0.29, 0.717) is 31.1 Å². The number of ether oxygens (including phenoxy) is 1. The molecule has 0 spiro atoms. The molecule has 0 atom stereocenters. The fourth-order valence-corrected chi connectivity index (χ4v) is 3.08. The predicted molar refractivity (Wildman–Crippen MR) is 102 cm³/mol. The maximum Gasteiger partial charge on any atom is 0.259 e. The maximum atomic E-state index is 12.3. The molecule has 7 heteroatoms. The lowest BCUT2D eigenvalue weighted by Crippen LogP contribution is -2.19. The Morgan fingerprint density at radius 2 is 2.15 bits per heavy atom. The molecule has 0 radical (unpaired) electrons. The highest BCUT2D eigenvalue weighted by Crippen LogP contribution is 2.20. The third kappa shape index (κ3) is 3.40. The number of pyridine rings is 1. The van der Waals surface area contributed by atoms with Gasteiger partial charge in [0.15, 0.2) is 0 Å². The molecule has 0 fully saturated rings. The molecule has 1 aliphatic rings. The second kappa shape index (κ2) is 7.01. The lowest BCUT2D eigenvalue weighted by molar-refractivity contribution is 0.109. The summed E-state index contributed by atoms with van der Waals surface area (Å²) >= 11 is 3.48. The van der Waals surface area contributed by atoms with Crippen LogP contribution in [0, 0.1) is 6.92 Å². The van der Waals surface area contributed by atoms with Crippen molar-refractivity contribution in [3.8, 4) is 11.4 Å². The minimum absolute atomic E-state index is 0.217. The van der Waals surface area contributed by atoms with Crippen LogP contribution in [0.4, 0.5) is 0 Å². The minimum atomic E-state index is -0.217. The van der Waals surface area contributed by atoms with Crippen LogP contribution in [0.25, 0.3) is 23.5 Å². The molecular formula is C19H16BrN3O3. The molecule has 3 aromatic rings. The van der Waals surface area contributed by atoms with Crippen LogP contribution in [-0.4, -0.2) is 21.7 Å². The summed E-state index contributed by atoms with van der Waals surface area (Å²) in [5.41, 5.74) is 4.20. The number of benzene rings is 1. The molecule has 132 valence electrons. The smallest absolute Gasteiger partial charge is 0.259 e. The van der Waals surface area contributed by atoms with Crippen molar-refractivity contribution < 1.29 is 9.26 Å². The van der Waals surface area contributed by atoms with E-state index in [9.17, 15) is 4.79 Å². The summed E-state index contributed by atoms with van der Waals surface area (Å²) in [6, 6.07) is 7.80. The topological polar surface area (TPSA) is 81.0 Å². The number of nitrogens with zero attached hydrogens (tertiary/aromatic N) is 2. The zero-order chi connectivity index (χ0) is 18.1. The van der Waals surface area contributed by atoms with E-state index < -0.39 is 0 Å². The summed E-state index contributed by atoms with van der Waals surface area (Å²) in [6.45, 7) is 3.12. The number of aromatic nitrogens is 3. The average Bonchev–Trinajstić information content (AvgIpc) is 3.11. The molecule has 0 amide bonds. The van der Waals surface area contributed by atoms with Crippen LogP contribution < -0.4 is 5.56 Å². The van der Waals surface area contributed by atoms with Gasteiger partial charge < -0.3 is 14.2 Å². The van der Waals surface area contributed by atoms with E-state index in [2.05, 4.69) is 31.1 Å². The number of aryl methyl sites for hydroxylation is 1. The zero-order valence-electron chi connectivity index (χ0n) is 14.1. The van der Waals surface area contributed by atoms with Gasteiger partial charge in [0, 0.05) is 22.7 Å². The van der Waals surface area contributed by atoms with Gasteiger partial charge in [0.1, 0.15) is 0 Å². The van der Waals surface area contributed by atoms with Gasteiger partial charge in [-0.15, -0.1) is 0 Å². The van der Waals surface area contributed by atoms with Gasteiger partial charge in [0.05, 0.1) is 18.8 Å². The number of hydrogen-bond acceptors (Lipinski definition) is 5. The third-order valence-electron chi connectivity index (χ3n) is 4.25. The molecule has 0 saturated heterocycles. The quantitative estimate of drug-likeness (QED) is 0.706. The minimum Gasteiger partial charge on any atom is -0.376 e. The second-order valence-corrected chi connectivity index (χ2v) is 6.97. The Hall–Kier alpha value is -2.51. The van der Waals surface area contributed by atoms with Crippen LogP contribution in [0.5, 0.6) is 0 Å². The standard InChI is InChI=1S/C19H16BrN3O3/c1-11-8-12(2-4-15(11)20)3-5-17-22-18(23-26-17)14-9-13-10-25-7-6-16(13)21-19(14)24/h2-5,8-9H,6-7,10H2,1H3,(H,21,24)/b5-3+. The molecule has 0 unspecified atom stereocenters. The summed E-state index contributed by atoms with van der Waals surface area (Å²) in [5, 5.41) is 3.93. The van der Waals surface area contributed by atoms with Gasteiger partial charge in [-0.3, -0.25) is 4.79 Å². The lowest BCUT2D eigenvalue weighted by atomic mass is 10.1. The molecule has 6 nitrogen and oxygen atoms in total. The van der Waals surface area contributed by atoms with Gasteiger partial charge >= 0.3 is 0 Å². The summed E-state index contributed by atoms with van der Waals surface area (Å²) in [4.78, 5) is 19.5. The highest BCUT2D eigenvalue weighted by atomic mass is 79.9. The van der Waals surface area contributed by atoms with Crippen LogP contribution in [-0.2, 0) is 17.8 Å². The Labute approximate surface area is 158 Å². The first-order chi connectivity index (χ1) is 12.6. The van der Waals surface area contributed by atoms with Crippen LogP contribution in [0.15, 0.2) is 38.1 Å². The number of aromatic amines is 1. The summed E-state index contributed by atoms with van der Waals surface area (Å²) in [6.07, 6.45) is 4.33. The number of hydrogen-bond donors (Lipinski definition) is 1. The van der Waals surface area contributed by atoms with Crippen molar-refractivity contribution in [3.63, 3.8) is 0 Å². The fraction of sp³-hybridized carbons (Fsp3) is 0.211. The van der Waals surface area contributed by atoms with E-state index in [1.165, 1.54) is 0 Å². The van der Waals surface area contributed by atoms with Crippen molar-refractivity contribution >= 4 is 28.1 Å². The van der Waals surface area contributed by atoms with Crippen molar-refractivity contribution in [2.24, 2.45) is 0 Å².